The quantitative estimate of drug-likeness (QED) is 0.137. The van der Waals surface area contributed by atoms with Crippen LogP contribution in [-0.4, -0.2) is 37.0 Å². The van der Waals surface area contributed by atoms with Gasteiger partial charge in [0.15, 0.2) is 0 Å². The zero-order chi connectivity index (χ0) is 28.9. The summed E-state index contributed by atoms with van der Waals surface area (Å²) in [6.07, 6.45) is 6.90. The number of nitriles is 1. The molecule has 0 radical (unpaired) electrons. The lowest BCUT2D eigenvalue weighted by Crippen LogP contribution is -2.27. The maximum atomic E-state index is 11.4. The third-order valence-electron chi connectivity index (χ3n) is 7.74. The maximum Gasteiger partial charge on any atom is 0.305 e. The van der Waals surface area contributed by atoms with Gasteiger partial charge >= 0.3 is 5.97 Å². The largest absolute Gasteiger partial charge is 0.469 e. The number of allylic oxidation sites excluding steroid dienone is 2. The number of methoxy groups -OCH3 is 1. The molecule has 0 spiro atoms. The van der Waals surface area contributed by atoms with Gasteiger partial charge in [-0.05, 0) is 59.6 Å². The summed E-state index contributed by atoms with van der Waals surface area (Å²) in [7, 11) is 1.41. The van der Waals surface area contributed by atoms with Gasteiger partial charge in [-0.3, -0.25) is 4.79 Å². The fourth-order valence-electron chi connectivity index (χ4n) is 5.35. The van der Waals surface area contributed by atoms with E-state index in [-0.39, 0.29) is 23.9 Å². The van der Waals surface area contributed by atoms with E-state index < -0.39 is 6.10 Å². The smallest absolute Gasteiger partial charge is 0.305 e. The highest BCUT2D eigenvalue weighted by Crippen LogP contribution is 2.38. The van der Waals surface area contributed by atoms with Crippen molar-refractivity contribution in [2.45, 2.75) is 57.5 Å². The minimum atomic E-state index is -0.515. The predicted octanol–water partition coefficient (Wildman–Crippen LogP) is 6.61. The lowest BCUT2D eigenvalue weighted by Gasteiger charge is -2.25. The van der Waals surface area contributed by atoms with Crippen LogP contribution < -0.4 is 0 Å². The van der Waals surface area contributed by atoms with E-state index in [0.29, 0.717) is 38.2 Å². The van der Waals surface area contributed by atoms with Gasteiger partial charge in [-0.15, -0.1) is 0 Å². The third kappa shape index (κ3) is 9.12. The molecule has 0 aliphatic heterocycles. The van der Waals surface area contributed by atoms with Crippen LogP contribution in [0.5, 0.6) is 0 Å². The summed E-state index contributed by atoms with van der Waals surface area (Å²) >= 11 is 0. The Morgan fingerprint density at radius 3 is 2.32 bits per heavy atom. The van der Waals surface area contributed by atoms with Gasteiger partial charge in [0.25, 0.3) is 0 Å². The molecule has 3 aromatic rings. The van der Waals surface area contributed by atoms with E-state index in [1.54, 1.807) is 12.1 Å². The Labute approximate surface area is 243 Å². The number of unbranched alkanes of at least 4 members (excludes halogenated alkanes) is 1. The molecule has 0 saturated heterocycles. The molecule has 1 saturated carbocycles. The summed E-state index contributed by atoms with van der Waals surface area (Å²) in [6, 6.07) is 28.2. The molecule has 6 heteroatoms. The highest BCUT2D eigenvalue weighted by Gasteiger charge is 2.42. The highest BCUT2D eigenvalue weighted by atomic mass is 16.5. The van der Waals surface area contributed by atoms with Gasteiger partial charge in [-0.1, -0.05) is 78.9 Å². The first-order valence-corrected chi connectivity index (χ1v) is 14.3. The van der Waals surface area contributed by atoms with E-state index in [4.69, 9.17) is 19.5 Å². The fraction of sp³-hybridized carbons (Fsp3) is 0.371. The first kappa shape index (κ1) is 30.2. The molecule has 0 amide bonds. The van der Waals surface area contributed by atoms with E-state index >= 15 is 0 Å². The van der Waals surface area contributed by atoms with Crippen molar-refractivity contribution in [1.82, 2.24) is 0 Å². The summed E-state index contributed by atoms with van der Waals surface area (Å²) in [6.45, 7) is 1.32. The molecule has 3 aromatic carbocycles. The molecular weight excluding hydrogens is 514 g/mol. The summed E-state index contributed by atoms with van der Waals surface area (Å²) in [5, 5.41) is 20.0. The molecule has 1 N–H and O–H groups in total. The predicted molar refractivity (Wildman–Crippen MR) is 158 cm³/mol. The van der Waals surface area contributed by atoms with Gasteiger partial charge < -0.3 is 19.3 Å². The maximum absolute atomic E-state index is 11.4. The van der Waals surface area contributed by atoms with Crippen molar-refractivity contribution in [2.75, 3.05) is 13.7 Å². The van der Waals surface area contributed by atoms with Crippen LogP contribution in [0.3, 0.4) is 0 Å². The number of carbonyl (C=O) groups excluding carboxylic acids is 1. The Balaban J connectivity index is 1.35. The zero-order valence-electron chi connectivity index (χ0n) is 23.7. The Morgan fingerprint density at radius 2 is 1.61 bits per heavy atom. The van der Waals surface area contributed by atoms with Crippen LogP contribution in [0, 0.1) is 23.2 Å². The molecular formula is C35H39NO5. The lowest BCUT2D eigenvalue weighted by molar-refractivity contribution is -0.140. The molecule has 1 fully saturated rings. The normalized spacial score (nSPS) is 20.2. The van der Waals surface area contributed by atoms with Gasteiger partial charge in [0.2, 0.25) is 0 Å². The number of ether oxygens (including phenoxy) is 3. The van der Waals surface area contributed by atoms with Crippen molar-refractivity contribution < 1.29 is 24.1 Å². The summed E-state index contributed by atoms with van der Waals surface area (Å²) in [5.41, 5.74) is 5.05. The van der Waals surface area contributed by atoms with E-state index in [0.717, 1.165) is 30.4 Å². The second-order valence-electron chi connectivity index (χ2n) is 10.5. The van der Waals surface area contributed by atoms with Crippen LogP contribution in [0.15, 0.2) is 91.0 Å². The molecule has 0 heterocycles. The molecule has 1 aliphatic rings. The van der Waals surface area contributed by atoms with Crippen molar-refractivity contribution in [3.05, 3.63) is 108 Å². The standard InChI is InChI=1S/C35H39NO5/c1-39-35(38)12-8-3-2-7-11-31-32(25-40-23-27-15-13-26(22-36)14-16-27)33(37)21-34(31)41-24-28-17-19-30(20-18-28)29-9-5-4-6-10-29/h2,4-7,9-10,13-20,31-34,37H,3,8,11-12,21,23-25H2,1H3/t31-,32-,33-,34+/m1/s1. The van der Waals surface area contributed by atoms with E-state index in [2.05, 4.69) is 54.6 Å². The lowest BCUT2D eigenvalue weighted by atomic mass is 9.90. The molecule has 0 bridgehead atoms. The molecule has 4 atom stereocenters. The molecule has 4 rings (SSSR count). The summed E-state index contributed by atoms with van der Waals surface area (Å²) in [5.74, 6) is -0.146. The number of benzene rings is 3. The molecule has 41 heavy (non-hydrogen) atoms. The first-order chi connectivity index (χ1) is 20.1. The van der Waals surface area contributed by atoms with Gasteiger partial charge in [0, 0.05) is 18.8 Å². The number of aliphatic hydroxyl groups is 1. The second-order valence-corrected chi connectivity index (χ2v) is 10.5. The van der Waals surface area contributed by atoms with Crippen LogP contribution >= 0.6 is 0 Å². The zero-order valence-corrected chi connectivity index (χ0v) is 23.7. The summed E-state index contributed by atoms with van der Waals surface area (Å²) < 4.78 is 17.2. The fourth-order valence-corrected chi connectivity index (χ4v) is 5.35. The molecule has 1 aliphatic carbocycles. The van der Waals surface area contributed by atoms with Crippen molar-refractivity contribution >= 4 is 5.97 Å². The Kier molecular flexibility index (Phi) is 11.7. The Morgan fingerprint density at radius 1 is 0.927 bits per heavy atom. The van der Waals surface area contributed by atoms with Crippen molar-refractivity contribution in [3.63, 3.8) is 0 Å². The minimum Gasteiger partial charge on any atom is -0.469 e. The average Bonchev–Trinajstić information content (AvgIpc) is 3.32. The monoisotopic (exact) mass is 553 g/mol. The van der Waals surface area contributed by atoms with Gasteiger partial charge in [0.1, 0.15) is 0 Å². The number of hydrogen-bond donors (Lipinski definition) is 1. The van der Waals surface area contributed by atoms with E-state index in [1.165, 1.54) is 18.2 Å². The number of esters is 1. The Hall–Kier alpha value is -3.76. The second kappa shape index (κ2) is 15.9. The van der Waals surface area contributed by atoms with Crippen LogP contribution in [0.4, 0.5) is 0 Å². The van der Waals surface area contributed by atoms with E-state index in [9.17, 15) is 9.90 Å². The van der Waals surface area contributed by atoms with Crippen LogP contribution in [0.1, 0.15) is 48.8 Å². The average molecular weight is 554 g/mol. The first-order valence-electron chi connectivity index (χ1n) is 14.3. The van der Waals surface area contributed by atoms with Gasteiger partial charge in [-0.25, -0.2) is 0 Å². The summed E-state index contributed by atoms with van der Waals surface area (Å²) in [4.78, 5) is 11.4. The molecule has 214 valence electrons. The number of aliphatic hydroxyl groups excluding tert-OH is 1. The number of rotatable bonds is 14. The third-order valence-corrected chi connectivity index (χ3v) is 7.74. The van der Waals surface area contributed by atoms with Gasteiger partial charge in [0.05, 0.1) is 50.8 Å². The Bertz CT molecular complexity index is 1280. The molecule has 0 aromatic heterocycles. The SMILES string of the molecule is COC(=O)CCCC=CC[C@@H]1[C@@H](COCc2ccc(C#N)cc2)[C@H](O)C[C@@H]1OCc1ccc(-c2ccccc2)cc1. The number of nitrogens with zero attached hydrogens (tertiary/aromatic N) is 1. The van der Waals surface area contributed by atoms with Crippen LogP contribution in [0.25, 0.3) is 11.1 Å². The van der Waals surface area contributed by atoms with Crippen molar-refractivity contribution in [2.24, 2.45) is 11.8 Å². The van der Waals surface area contributed by atoms with Crippen molar-refractivity contribution in [3.8, 4) is 17.2 Å². The van der Waals surface area contributed by atoms with Crippen LogP contribution in [-0.2, 0) is 32.2 Å². The molecule has 6 nitrogen and oxygen atoms in total. The highest BCUT2D eigenvalue weighted by molar-refractivity contribution is 5.69. The van der Waals surface area contributed by atoms with Gasteiger partial charge in [-0.2, -0.15) is 5.26 Å². The van der Waals surface area contributed by atoms with Crippen LogP contribution in [0.2, 0.25) is 0 Å². The minimum absolute atomic E-state index is 0.0569. The number of carbonyl (C=O) groups is 1. The topological polar surface area (TPSA) is 88.8 Å². The van der Waals surface area contributed by atoms with E-state index in [1.807, 2.05) is 30.3 Å². The molecule has 0 unspecified atom stereocenters. The number of hydrogen-bond acceptors (Lipinski definition) is 6. The van der Waals surface area contributed by atoms with Crippen molar-refractivity contribution in [1.29, 1.82) is 5.26 Å².